The first-order valence-electron chi connectivity index (χ1n) is 5.87. The number of aliphatic hydroxyl groups is 2. The van der Waals surface area contributed by atoms with Crippen LogP contribution in [-0.2, 0) is 4.79 Å². The lowest BCUT2D eigenvalue weighted by Gasteiger charge is -2.31. The van der Waals surface area contributed by atoms with Gasteiger partial charge in [-0.15, -0.1) is 0 Å². The van der Waals surface area contributed by atoms with E-state index in [9.17, 15) is 15.0 Å². The fourth-order valence-corrected chi connectivity index (χ4v) is 3.45. The number of hydrogen-bond donors (Lipinski definition) is 3. The Bertz CT molecular complexity index is 283. The minimum atomic E-state index is -0.774. The minimum Gasteiger partial charge on any atom is -0.480 e. The molecule has 0 bridgehead atoms. The molecule has 3 atom stereocenters. The van der Waals surface area contributed by atoms with E-state index in [2.05, 4.69) is 0 Å². The number of carboxylic acids is 1. The molecule has 0 radical (unpaired) electrons. The van der Waals surface area contributed by atoms with E-state index in [-0.39, 0.29) is 25.2 Å². The predicted molar refractivity (Wildman–Crippen MR) is 57.0 cm³/mol. The van der Waals surface area contributed by atoms with Crippen molar-refractivity contribution in [2.75, 3.05) is 19.8 Å². The summed E-state index contributed by atoms with van der Waals surface area (Å²) in [7, 11) is 0. The number of hydrogen-bond acceptors (Lipinski definition) is 4. The molecule has 16 heavy (non-hydrogen) atoms. The summed E-state index contributed by atoms with van der Waals surface area (Å²) in [6.07, 6.45) is 2.64. The van der Waals surface area contributed by atoms with Crippen molar-refractivity contribution in [3.63, 3.8) is 0 Å². The Morgan fingerprint density at radius 3 is 2.75 bits per heavy atom. The molecule has 0 saturated carbocycles. The van der Waals surface area contributed by atoms with Crippen LogP contribution in [0, 0.1) is 5.92 Å². The van der Waals surface area contributed by atoms with Crippen LogP contribution in [0.3, 0.4) is 0 Å². The molecule has 2 aliphatic rings. The molecule has 0 aromatic rings. The summed E-state index contributed by atoms with van der Waals surface area (Å²) in [6.45, 7) is 0.830. The van der Waals surface area contributed by atoms with Gasteiger partial charge in [0.15, 0.2) is 0 Å². The zero-order valence-electron chi connectivity index (χ0n) is 9.30. The van der Waals surface area contributed by atoms with Crippen LogP contribution >= 0.6 is 0 Å². The van der Waals surface area contributed by atoms with Gasteiger partial charge in [0.2, 0.25) is 0 Å². The highest BCUT2D eigenvalue weighted by molar-refractivity contribution is 5.80. The molecule has 2 heterocycles. The van der Waals surface area contributed by atoms with Crippen LogP contribution in [0.15, 0.2) is 0 Å². The summed E-state index contributed by atoms with van der Waals surface area (Å²) < 4.78 is 0. The molecule has 92 valence electrons. The van der Waals surface area contributed by atoms with Gasteiger partial charge in [-0.3, -0.25) is 9.69 Å². The Balaban J connectivity index is 2.24. The molecule has 2 aliphatic heterocycles. The Labute approximate surface area is 94.7 Å². The van der Waals surface area contributed by atoms with Gasteiger partial charge in [0, 0.05) is 19.3 Å². The first kappa shape index (κ1) is 11.8. The third kappa shape index (κ3) is 1.54. The summed E-state index contributed by atoms with van der Waals surface area (Å²) in [4.78, 5) is 13.4. The molecule has 2 saturated heterocycles. The molecule has 3 N–H and O–H groups in total. The largest absolute Gasteiger partial charge is 0.480 e. The number of carboxylic acid groups (broad SMARTS) is 1. The maximum atomic E-state index is 11.4. The number of nitrogens with zero attached hydrogens (tertiary/aromatic N) is 1. The maximum absolute atomic E-state index is 11.4. The maximum Gasteiger partial charge on any atom is 0.324 e. The Kier molecular flexibility index (Phi) is 3.19. The monoisotopic (exact) mass is 229 g/mol. The highest BCUT2D eigenvalue weighted by Crippen LogP contribution is 2.46. The van der Waals surface area contributed by atoms with Crippen molar-refractivity contribution in [3.8, 4) is 0 Å². The molecule has 0 aromatic carbocycles. The number of aliphatic hydroxyl groups excluding tert-OH is 2. The zero-order valence-corrected chi connectivity index (χ0v) is 9.30. The second kappa shape index (κ2) is 4.31. The van der Waals surface area contributed by atoms with Gasteiger partial charge in [0.25, 0.3) is 0 Å². The predicted octanol–water partition coefficient (Wildman–Crippen LogP) is -0.331. The molecule has 0 spiro atoms. The van der Waals surface area contributed by atoms with E-state index >= 15 is 0 Å². The fraction of sp³-hybridized carbons (Fsp3) is 0.909. The Morgan fingerprint density at radius 2 is 2.19 bits per heavy atom. The van der Waals surface area contributed by atoms with Gasteiger partial charge in [-0.1, -0.05) is 0 Å². The van der Waals surface area contributed by atoms with Crippen LogP contribution in [0.25, 0.3) is 0 Å². The van der Waals surface area contributed by atoms with Crippen molar-refractivity contribution in [3.05, 3.63) is 0 Å². The van der Waals surface area contributed by atoms with Gasteiger partial charge >= 0.3 is 5.97 Å². The first-order valence-corrected chi connectivity index (χ1v) is 5.87. The number of carbonyl (C=O) groups is 1. The van der Waals surface area contributed by atoms with Gasteiger partial charge < -0.3 is 15.3 Å². The topological polar surface area (TPSA) is 81.0 Å². The lowest BCUT2D eigenvalue weighted by atomic mass is 9.88. The van der Waals surface area contributed by atoms with Crippen LogP contribution in [0.2, 0.25) is 0 Å². The van der Waals surface area contributed by atoms with Crippen LogP contribution < -0.4 is 0 Å². The van der Waals surface area contributed by atoms with Crippen molar-refractivity contribution in [2.24, 2.45) is 5.92 Å². The number of aliphatic carboxylic acids is 1. The van der Waals surface area contributed by atoms with Gasteiger partial charge in [-0.25, -0.2) is 0 Å². The van der Waals surface area contributed by atoms with Gasteiger partial charge in [-0.05, 0) is 38.1 Å². The van der Waals surface area contributed by atoms with Gasteiger partial charge in [0.1, 0.15) is 5.54 Å². The third-order valence-electron chi connectivity index (χ3n) is 4.14. The minimum absolute atomic E-state index is 0.0101. The Morgan fingerprint density at radius 1 is 1.44 bits per heavy atom. The Hall–Kier alpha value is -0.650. The molecule has 5 nitrogen and oxygen atoms in total. The van der Waals surface area contributed by atoms with E-state index in [4.69, 9.17) is 5.11 Å². The molecule has 5 heteroatoms. The number of rotatable bonds is 4. The van der Waals surface area contributed by atoms with Gasteiger partial charge in [-0.2, -0.15) is 0 Å². The summed E-state index contributed by atoms with van der Waals surface area (Å²) in [6, 6.07) is 0.0219. The van der Waals surface area contributed by atoms with Crippen LogP contribution in [0.4, 0.5) is 0 Å². The van der Waals surface area contributed by atoms with Gasteiger partial charge in [0.05, 0.1) is 0 Å². The normalized spacial score (nSPS) is 38.9. The standard InChI is InChI=1S/C11H19NO4/c13-5-2-9-8(7-14)6-11(10(15)16)3-1-4-12(9)11/h8-9,13-14H,1-7H2,(H,15,16)/t8-,9+,11-/m0/s1. The molecule has 0 aromatic heterocycles. The van der Waals surface area contributed by atoms with Crippen molar-refractivity contribution in [1.29, 1.82) is 0 Å². The van der Waals surface area contributed by atoms with Crippen LogP contribution in [0.1, 0.15) is 25.7 Å². The second-order valence-corrected chi connectivity index (χ2v) is 4.86. The van der Waals surface area contributed by atoms with E-state index in [1.807, 2.05) is 4.90 Å². The summed E-state index contributed by atoms with van der Waals surface area (Å²) in [5, 5.41) is 27.7. The van der Waals surface area contributed by atoms with E-state index in [1.165, 1.54) is 0 Å². The SMILES string of the molecule is O=C(O)[C@@]12CCCN1[C@H](CCO)[C@H](CO)C2. The van der Waals surface area contributed by atoms with Crippen LogP contribution in [0.5, 0.6) is 0 Å². The lowest BCUT2D eigenvalue weighted by molar-refractivity contribution is -0.148. The molecular formula is C11H19NO4. The van der Waals surface area contributed by atoms with Crippen molar-refractivity contribution >= 4 is 5.97 Å². The lowest BCUT2D eigenvalue weighted by Crippen LogP contribution is -2.48. The molecule has 2 rings (SSSR count). The number of fused-ring (bicyclic) bond motifs is 1. The highest BCUT2D eigenvalue weighted by Gasteiger charge is 2.57. The highest BCUT2D eigenvalue weighted by atomic mass is 16.4. The van der Waals surface area contributed by atoms with Crippen molar-refractivity contribution < 1.29 is 20.1 Å². The molecular weight excluding hydrogens is 210 g/mol. The molecule has 2 fully saturated rings. The summed E-state index contributed by atoms with van der Waals surface area (Å²) >= 11 is 0. The van der Waals surface area contributed by atoms with E-state index < -0.39 is 11.5 Å². The zero-order chi connectivity index (χ0) is 11.8. The van der Waals surface area contributed by atoms with Crippen molar-refractivity contribution in [2.45, 2.75) is 37.3 Å². The second-order valence-electron chi connectivity index (χ2n) is 4.86. The first-order chi connectivity index (χ1) is 7.65. The average Bonchev–Trinajstić information content (AvgIpc) is 2.77. The summed E-state index contributed by atoms with van der Waals surface area (Å²) in [5.41, 5.74) is -0.771. The smallest absolute Gasteiger partial charge is 0.324 e. The van der Waals surface area contributed by atoms with E-state index in [1.54, 1.807) is 0 Å². The van der Waals surface area contributed by atoms with Crippen molar-refractivity contribution in [1.82, 2.24) is 4.90 Å². The average molecular weight is 229 g/mol. The van der Waals surface area contributed by atoms with E-state index in [0.717, 1.165) is 13.0 Å². The molecule has 0 amide bonds. The quantitative estimate of drug-likeness (QED) is 0.615. The molecule has 0 aliphatic carbocycles. The fourth-order valence-electron chi connectivity index (χ4n) is 3.45. The third-order valence-corrected chi connectivity index (χ3v) is 4.14. The van der Waals surface area contributed by atoms with E-state index in [0.29, 0.717) is 19.3 Å². The van der Waals surface area contributed by atoms with Crippen LogP contribution in [-0.4, -0.2) is 57.5 Å². The molecule has 0 unspecified atom stereocenters. The summed E-state index contributed by atoms with van der Waals surface area (Å²) in [5.74, 6) is -0.785.